The average Bonchev–Trinajstić information content (AvgIpc) is 2.81. The molecule has 2 fully saturated rings. The highest BCUT2D eigenvalue weighted by Crippen LogP contribution is 2.29. The summed E-state index contributed by atoms with van der Waals surface area (Å²) < 4.78 is 5.34. The monoisotopic (exact) mass is 328 g/mol. The molecule has 0 radical (unpaired) electrons. The Morgan fingerprint density at radius 1 is 1.27 bits per heavy atom. The molecule has 2 rings (SSSR count). The summed E-state index contributed by atoms with van der Waals surface area (Å²) >= 11 is 2.07. The second-order valence-corrected chi connectivity index (χ2v) is 9.25. The summed E-state index contributed by atoms with van der Waals surface area (Å²) in [5, 5.41) is 7.60. The zero-order chi connectivity index (χ0) is 16.2. The number of carbonyl (C=O) groups is 1. The Hall–Kier alpha value is -0.420. The third-order valence-electron chi connectivity index (χ3n) is 4.46. The molecule has 1 amide bonds. The summed E-state index contributed by atoms with van der Waals surface area (Å²) in [5.41, 5.74) is -0.425. The fourth-order valence-electron chi connectivity index (χ4n) is 3.44. The van der Waals surface area contributed by atoms with E-state index in [0.29, 0.717) is 18.0 Å². The van der Waals surface area contributed by atoms with Gasteiger partial charge in [-0.15, -0.1) is 0 Å². The van der Waals surface area contributed by atoms with E-state index >= 15 is 0 Å². The number of thioether (sulfide) groups is 1. The standard InChI is InChI=1S/C17H32N2O2S/c1-12-9-14(11-22-12)19-15-8-6-5-7-13(15)10-18-16(20)21-17(2,3)4/h12-15,19H,5-11H2,1-4H3,(H,18,20). The van der Waals surface area contributed by atoms with Gasteiger partial charge >= 0.3 is 6.09 Å². The first-order valence-corrected chi connectivity index (χ1v) is 9.73. The fourth-order valence-corrected chi connectivity index (χ4v) is 4.60. The summed E-state index contributed by atoms with van der Waals surface area (Å²) in [4.78, 5) is 11.8. The maximum absolute atomic E-state index is 11.8. The van der Waals surface area contributed by atoms with E-state index in [1.165, 1.54) is 37.9 Å². The molecule has 2 aliphatic rings. The lowest BCUT2D eigenvalue weighted by molar-refractivity contribution is 0.0510. The van der Waals surface area contributed by atoms with Crippen LogP contribution in [-0.4, -0.2) is 41.3 Å². The largest absolute Gasteiger partial charge is 0.444 e. The van der Waals surface area contributed by atoms with Crippen molar-refractivity contribution in [2.45, 2.75) is 82.7 Å². The maximum atomic E-state index is 11.8. The molecule has 0 bridgehead atoms. The van der Waals surface area contributed by atoms with Crippen LogP contribution >= 0.6 is 11.8 Å². The van der Waals surface area contributed by atoms with Gasteiger partial charge in [-0.05, 0) is 46.0 Å². The van der Waals surface area contributed by atoms with Gasteiger partial charge in [0.15, 0.2) is 0 Å². The van der Waals surface area contributed by atoms with Gasteiger partial charge in [-0.2, -0.15) is 11.8 Å². The van der Waals surface area contributed by atoms with Gasteiger partial charge < -0.3 is 15.4 Å². The Kier molecular flexibility index (Phi) is 6.45. The first kappa shape index (κ1) is 17.9. The van der Waals surface area contributed by atoms with E-state index in [2.05, 4.69) is 29.3 Å². The topological polar surface area (TPSA) is 50.4 Å². The summed E-state index contributed by atoms with van der Waals surface area (Å²) in [6, 6.07) is 1.19. The minimum absolute atomic E-state index is 0.290. The molecule has 22 heavy (non-hydrogen) atoms. The van der Waals surface area contributed by atoms with Crippen LogP contribution in [0.4, 0.5) is 4.79 Å². The highest BCUT2D eigenvalue weighted by molar-refractivity contribution is 8.00. The summed E-state index contributed by atoms with van der Waals surface area (Å²) in [6.07, 6.45) is 5.99. The normalized spacial score (nSPS) is 32.7. The molecule has 0 aromatic carbocycles. The van der Waals surface area contributed by atoms with Crippen LogP contribution in [-0.2, 0) is 4.74 Å². The van der Waals surface area contributed by atoms with Crippen LogP contribution in [0.1, 0.15) is 59.8 Å². The Morgan fingerprint density at radius 3 is 2.64 bits per heavy atom. The Bertz CT molecular complexity index is 370. The van der Waals surface area contributed by atoms with E-state index in [9.17, 15) is 4.79 Å². The predicted octanol–water partition coefficient (Wildman–Crippen LogP) is 3.55. The SMILES string of the molecule is CC1CC(NC2CCCCC2CNC(=O)OC(C)(C)C)CS1. The lowest BCUT2D eigenvalue weighted by Crippen LogP contribution is -2.48. The Morgan fingerprint density at radius 2 is 2.00 bits per heavy atom. The van der Waals surface area contributed by atoms with Crippen molar-refractivity contribution in [1.29, 1.82) is 0 Å². The highest BCUT2D eigenvalue weighted by Gasteiger charge is 2.30. The molecule has 4 atom stereocenters. The molecule has 1 saturated heterocycles. The van der Waals surface area contributed by atoms with Gasteiger partial charge in [0.05, 0.1) is 0 Å². The molecule has 0 aromatic rings. The minimum Gasteiger partial charge on any atom is -0.444 e. The quantitative estimate of drug-likeness (QED) is 0.828. The van der Waals surface area contributed by atoms with E-state index in [-0.39, 0.29) is 6.09 Å². The summed E-state index contributed by atoms with van der Waals surface area (Å²) in [7, 11) is 0. The average molecular weight is 329 g/mol. The van der Waals surface area contributed by atoms with Crippen LogP contribution in [0.5, 0.6) is 0 Å². The van der Waals surface area contributed by atoms with E-state index in [1.54, 1.807) is 0 Å². The van der Waals surface area contributed by atoms with Gasteiger partial charge in [0.25, 0.3) is 0 Å². The molecule has 1 heterocycles. The number of amides is 1. The van der Waals surface area contributed by atoms with E-state index in [0.717, 1.165) is 11.8 Å². The molecule has 4 nitrogen and oxygen atoms in total. The van der Waals surface area contributed by atoms with Gasteiger partial charge in [-0.1, -0.05) is 19.8 Å². The third-order valence-corrected chi connectivity index (χ3v) is 5.82. The van der Waals surface area contributed by atoms with Gasteiger partial charge in [0, 0.05) is 29.6 Å². The molecular formula is C17H32N2O2S. The first-order valence-electron chi connectivity index (χ1n) is 8.68. The molecule has 1 aliphatic heterocycles. The minimum atomic E-state index is -0.425. The molecule has 0 aromatic heterocycles. The lowest BCUT2D eigenvalue weighted by atomic mass is 9.84. The smallest absolute Gasteiger partial charge is 0.407 e. The van der Waals surface area contributed by atoms with Gasteiger partial charge in [0.1, 0.15) is 5.60 Å². The Balaban J connectivity index is 1.78. The van der Waals surface area contributed by atoms with E-state index in [1.807, 2.05) is 20.8 Å². The van der Waals surface area contributed by atoms with Crippen molar-refractivity contribution in [2.24, 2.45) is 5.92 Å². The molecule has 128 valence electrons. The van der Waals surface area contributed by atoms with Crippen molar-refractivity contribution in [2.75, 3.05) is 12.3 Å². The van der Waals surface area contributed by atoms with Gasteiger partial charge in [-0.3, -0.25) is 0 Å². The number of nitrogens with one attached hydrogen (secondary N) is 2. The molecular weight excluding hydrogens is 296 g/mol. The van der Waals surface area contributed by atoms with Crippen molar-refractivity contribution in [3.05, 3.63) is 0 Å². The van der Waals surface area contributed by atoms with Crippen molar-refractivity contribution in [3.63, 3.8) is 0 Å². The van der Waals surface area contributed by atoms with Crippen LogP contribution in [0.3, 0.4) is 0 Å². The second kappa shape index (κ2) is 7.91. The molecule has 1 aliphatic carbocycles. The third kappa shape index (κ3) is 5.99. The summed E-state index contributed by atoms with van der Waals surface area (Å²) in [6.45, 7) is 8.74. The predicted molar refractivity (Wildman–Crippen MR) is 93.4 cm³/mol. The number of carbonyl (C=O) groups excluding carboxylic acids is 1. The molecule has 0 spiro atoms. The number of alkyl carbamates (subject to hydrolysis) is 1. The molecule has 4 unspecified atom stereocenters. The van der Waals surface area contributed by atoms with E-state index < -0.39 is 5.60 Å². The number of hydrogen-bond acceptors (Lipinski definition) is 4. The van der Waals surface area contributed by atoms with Crippen molar-refractivity contribution in [3.8, 4) is 0 Å². The highest BCUT2D eigenvalue weighted by atomic mass is 32.2. The zero-order valence-electron chi connectivity index (χ0n) is 14.5. The Labute approximate surface area is 139 Å². The van der Waals surface area contributed by atoms with Crippen LogP contribution < -0.4 is 10.6 Å². The fraction of sp³-hybridized carbons (Fsp3) is 0.941. The first-order chi connectivity index (χ1) is 10.3. The van der Waals surface area contributed by atoms with Crippen molar-refractivity contribution in [1.82, 2.24) is 10.6 Å². The zero-order valence-corrected chi connectivity index (χ0v) is 15.3. The molecule has 1 saturated carbocycles. The molecule has 5 heteroatoms. The number of ether oxygens (including phenoxy) is 1. The van der Waals surface area contributed by atoms with Crippen LogP contribution in [0.15, 0.2) is 0 Å². The van der Waals surface area contributed by atoms with Crippen LogP contribution in [0, 0.1) is 5.92 Å². The van der Waals surface area contributed by atoms with E-state index in [4.69, 9.17) is 4.74 Å². The van der Waals surface area contributed by atoms with Crippen LogP contribution in [0.2, 0.25) is 0 Å². The van der Waals surface area contributed by atoms with Crippen molar-refractivity contribution >= 4 is 17.9 Å². The molecule has 2 N–H and O–H groups in total. The second-order valence-electron chi connectivity index (χ2n) is 7.78. The van der Waals surface area contributed by atoms with Gasteiger partial charge in [0.2, 0.25) is 0 Å². The summed E-state index contributed by atoms with van der Waals surface area (Å²) in [5.74, 6) is 1.76. The van der Waals surface area contributed by atoms with Crippen molar-refractivity contribution < 1.29 is 9.53 Å². The maximum Gasteiger partial charge on any atom is 0.407 e. The lowest BCUT2D eigenvalue weighted by Gasteiger charge is -2.34. The number of hydrogen-bond donors (Lipinski definition) is 2. The van der Waals surface area contributed by atoms with Gasteiger partial charge in [-0.25, -0.2) is 4.79 Å². The van der Waals surface area contributed by atoms with Crippen LogP contribution in [0.25, 0.3) is 0 Å². The number of rotatable bonds is 4.